The van der Waals surface area contributed by atoms with Gasteiger partial charge in [-0.3, -0.25) is 4.79 Å². The summed E-state index contributed by atoms with van der Waals surface area (Å²) >= 11 is 4.31. The molecule has 0 spiro atoms. The first-order valence-electron chi connectivity index (χ1n) is 7.08. The molecule has 0 saturated heterocycles. The van der Waals surface area contributed by atoms with E-state index >= 15 is 0 Å². The molecule has 1 N–H and O–H groups in total. The molecule has 0 aliphatic rings. The molecule has 0 unspecified atom stereocenters. The first kappa shape index (κ1) is 17.4. The van der Waals surface area contributed by atoms with E-state index in [-0.39, 0.29) is 18.2 Å². The van der Waals surface area contributed by atoms with E-state index in [2.05, 4.69) is 21.2 Å². The van der Waals surface area contributed by atoms with Crippen LogP contribution in [-0.2, 0) is 11.3 Å². The highest BCUT2D eigenvalue weighted by atomic mass is 79.9. The Labute approximate surface area is 154 Å². The van der Waals surface area contributed by atoms with Gasteiger partial charge in [0.15, 0.2) is 5.76 Å². The van der Waals surface area contributed by atoms with Crippen molar-refractivity contribution in [1.82, 2.24) is 0 Å². The number of halogens is 2. The van der Waals surface area contributed by atoms with Gasteiger partial charge in [-0.05, 0) is 36.4 Å². The summed E-state index contributed by atoms with van der Waals surface area (Å²) in [6.45, 7) is 0.00564. The number of hydrogen-bond donors (Lipinski definition) is 1. The van der Waals surface area contributed by atoms with Gasteiger partial charge in [-0.15, -0.1) is 11.3 Å². The molecular formula is C17H11BrFNO4S. The van der Waals surface area contributed by atoms with Crippen LogP contribution in [0.25, 0.3) is 0 Å². The van der Waals surface area contributed by atoms with E-state index in [0.29, 0.717) is 19.9 Å². The molecular weight excluding hydrogens is 413 g/mol. The lowest BCUT2D eigenvalue weighted by atomic mass is 10.2. The van der Waals surface area contributed by atoms with Crippen molar-refractivity contribution in [3.63, 3.8) is 0 Å². The summed E-state index contributed by atoms with van der Waals surface area (Å²) in [5, 5.41) is 3.13. The van der Waals surface area contributed by atoms with E-state index in [4.69, 9.17) is 9.15 Å². The van der Waals surface area contributed by atoms with Crippen LogP contribution in [0.2, 0.25) is 0 Å². The molecule has 2 heterocycles. The number of esters is 1. The minimum Gasteiger partial charge on any atom is -0.459 e. The average molecular weight is 424 g/mol. The third-order valence-corrected chi connectivity index (χ3v) is 4.88. The summed E-state index contributed by atoms with van der Waals surface area (Å²) in [5.74, 6) is -1.13. The fourth-order valence-electron chi connectivity index (χ4n) is 1.95. The zero-order valence-corrected chi connectivity index (χ0v) is 15.0. The van der Waals surface area contributed by atoms with Crippen molar-refractivity contribution in [3.05, 3.63) is 75.2 Å². The number of benzene rings is 1. The molecule has 128 valence electrons. The summed E-state index contributed by atoms with van der Waals surface area (Å²) in [4.78, 5) is 24.3. The van der Waals surface area contributed by atoms with Crippen molar-refractivity contribution in [2.75, 3.05) is 5.32 Å². The maximum atomic E-state index is 13.0. The lowest BCUT2D eigenvalue weighted by molar-refractivity contribution is 0.0477. The molecule has 1 amide bonds. The molecule has 3 aromatic rings. The van der Waals surface area contributed by atoms with Gasteiger partial charge in [0.25, 0.3) is 5.91 Å². The van der Waals surface area contributed by atoms with E-state index < -0.39 is 11.9 Å². The Morgan fingerprint density at radius 1 is 1.24 bits per heavy atom. The number of ether oxygens (including phenoxy) is 1. The second kappa shape index (κ2) is 7.62. The van der Waals surface area contributed by atoms with Crippen molar-refractivity contribution in [1.29, 1.82) is 0 Å². The molecule has 1 aromatic carbocycles. The van der Waals surface area contributed by atoms with Crippen LogP contribution in [0.5, 0.6) is 0 Å². The largest absolute Gasteiger partial charge is 0.459 e. The SMILES string of the molecule is O=C(Nc1ccc(C(=O)OCc2ccc(F)cc2Br)s1)c1ccco1. The summed E-state index contributed by atoms with van der Waals surface area (Å²) in [5.41, 5.74) is 0.651. The zero-order valence-electron chi connectivity index (χ0n) is 12.6. The first-order valence-corrected chi connectivity index (χ1v) is 8.69. The number of rotatable bonds is 5. The van der Waals surface area contributed by atoms with Crippen molar-refractivity contribution in [3.8, 4) is 0 Å². The second-order valence-corrected chi connectivity index (χ2v) is 6.85. The highest BCUT2D eigenvalue weighted by Gasteiger charge is 2.15. The highest BCUT2D eigenvalue weighted by Crippen LogP contribution is 2.24. The molecule has 0 fully saturated rings. The quantitative estimate of drug-likeness (QED) is 0.595. The van der Waals surface area contributed by atoms with E-state index in [1.165, 1.54) is 24.5 Å². The van der Waals surface area contributed by atoms with Gasteiger partial charge >= 0.3 is 5.97 Å². The number of anilines is 1. The Bertz CT molecular complexity index is 907. The van der Waals surface area contributed by atoms with E-state index in [9.17, 15) is 14.0 Å². The van der Waals surface area contributed by atoms with Crippen LogP contribution in [0.4, 0.5) is 9.39 Å². The Morgan fingerprint density at radius 3 is 2.80 bits per heavy atom. The summed E-state index contributed by atoms with van der Waals surface area (Å²) in [7, 11) is 0. The van der Waals surface area contributed by atoms with Gasteiger partial charge in [-0.1, -0.05) is 22.0 Å². The number of hydrogen-bond acceptors (Lipinski definition) is 5. The summed E-state index contributed by atoms with van der Waals surface area (Å²) in [6.07, 6.45) is 1.40. The molecule has 0 radical (unpaired) electrons. The highest BCUT2D eigenvalue weighted by molar-refractivity contribution is 9.10. The number of thiophene rings is 1. The maximum absolute atomic E-state index is 13.0. The third kappa shape index (κ3) is 4.34. The Kier molecular flexibility index (Phi) is 5.30. The first-order chi connectivity index (χ1) is 12.0. The van der Waals surface area contributed by atoms with Crippen LogP contribution in [0, 0.1) is 5.82 Å². The normalized spacial score (nSPS) is 10.5. The van der Waals surface area contributed by atoms with Gasteiger partial charge < -0.3 is 14.5 Å². The summed E-state index contributed by atoms with van der Waals surface area (Å²) < 4.78 is 23.8. The predicted octanol–water partition coefficient (Wildman–Crippen LogP) is 4.85. The fourth-order valence-corrected chi connectivity index (χ4v) is 3.21. The number of furan rings is 1. The molecule has 0 aliphatic carbocycles. The molecule has 3 rings (SSSR count). The van der Waals surface area contributed by atoms with Gasteiger partial charge in [0.1, 0.15) is 17.3 Å². The second-order valence-electron chi connectivity index (χ2n) is 4.91. The van der Waals surface area contributed by atoms with Crippen molar-refractivity contribution in [2.45, 2.75) is 6.61 Å². The smallest absolute Gasteiger partial charge is 0.348 e. The maximum Gasteiger partial charge on any atom is 0.348 e. The number of nitrogens with one attached hydrogen (secondary N) is 1. The van der Waals surface area contributed by atoms with Gasteiger partial charge in [0.05, 0.1) is 11.3 Å². The van der Waals surface area contributed by atoms with E-state index in [0.717, 1.165) is 11.3 Å². The van der Waals surface area contributed by atoms with Crippen molar-refractivity contribution >= 4 is 44.1 Å². The minimum atomic E-state index is -0.528. The van der Waals surface area contributed by atoms with Crippen LogP contribution < -0.4 is 5.32 Å². The van der Waals surface area contributed by atoms with Crippen LogP contribution in [0.1, 0.15) is 25.8 Å². The number of carbonyl (C=O) groups excluding carboxylic acids is 2. The van der Waals surface area contributed by atoms with E-state index in [1.54, 1.807) is 24.3 Å². The predicted molar refractivity (Wildman–Crippen MR) is 94.2 cm³/mol. The van der Waals surface area contributed by atoms with Crippen LogP contribution in [-0.4, -0.2) is 11.9 Å². The van der Waals surface area contributed by atoms with Crippen LogP contribution >= 0.6 is 27.3 Å². The van der Waals surface area contributed by atoms with Crippen molar-refractivity contribution in [2.24, 2.45) is 0 Å². The standard InChI is InChI=1S/C17H11BrFNO4S/c18-12-8-11(19)4-3-10(12)9-24-17(22)14-5-6-15(25-14)20-16(21)13-2-1-7-23-13/h1-8H,9H2,(H,20,21). The Morgan fingerprint density at radius 2 is 2.08 bits per heavy atom. The van der Waals surface area contributed by atoms with Gasteiger partial charge in [0.2, 0.25) is 0 Å². The third-order valence-electron chi connectivity index (χ3n) is 3.16. The lowest BCUT2D eigenvalue weighted by Crippen LogP contribution is -2.09. The molecule has 5 nitrogen and oxygen atoms in total. The molecule has 0 bridgehead atoms. The molecule has 25 heavy (non-hydrogen) atoms. The summed E-state index contributed by atoms with van der Waals surface area (Å²) in [6, 6.07) is 10.5. The van der Waals surface area contributed by atoms with Gasteiger partial charge in [0, 0.05) is 10.0 Å². The topological polar surface area (TPSA) is 68.5 Å². The van der Waals surface area contributed by atoms with Crippen molar-refractivity contribution < 1.29 is 23.1 Å². The molecule has 0 aliphatic heterocycles. The molecule has 2 aromatic heterocycles. The van der Waals surface area contributed by atoms with Crippen LogP contribution in [0.3, 0.4) is 0 Å². The monoisotopic (exact) mass is 423 g/mol. The molecule has 0 saturated carbocycles. The lowest BCUT2D eigenvalue weighted by Gasteiger charge is -2.05. The zero-order chi connectivity index (χ0) is 17.8. The Hall–Kier alpha value is -2.45. The van der Waals surface area contributed by atoms with Gasteiger partial charge in [-0.25, -0.2) is 9.18 Å². The Balaban J connectivity index is 1.59. The number of amides is 1. The average Bonchev–Trinajstić information content (AvgIpc) is 3.25. The van der Waals surface area contributed by atoms with E-state index in [1.807, 2.05) is 0 Å². The molecule has 0 atom stereocenters. The minimum absolute atomic E-state index is 0.00564. The fraction of sp³-hybridized carbons (Fsp3) is 0.0588. The number of carbonyl (C=O) groups is 2. The van der Waals surface area contributed by atoms with Crippen LogP contribution in [0.15, 0.2) is 57.6 Å². The molecule has 8 heteroatoms. The van der Waals surface area contributed by atoms with Gasteiger partial charge in [-0.2, -0.15) is 0 Å².